The lowest BCUT2D eigenvalue weighted by Crippen LogP contribution is -2.15. The normalized spacial score (nSPS) is 10.7. The van der Waals surface area contributed by atoms with Gasteiger partial charge >= 0.3 is 11.7 Å². The molecule has 0 radical (unpaired) electrons. The van der Waals surface area contributed by atoms with Gasteiger partial charge in [0.15, 0.2) is 5.82 Å². The van der Waals surface area contributed by atoms with E-state index >= 15 is 0 Å². The van der Waals surface area contributed by atoms with Crippen LogP contribution < -0.4 is 10.4 Å². The van der Waals surface area contributed by atoms with E-state index in [9.17, 15) is 9.59 Å². The van der Waals surface area contributed by atoms with Gasteiger partial charge in [-0.05, 0) is 42.3 Å². The molecule has 27 heavy (non-hydrogen) atoms. The first-order valence-corrected chi connectivity index (χ1v) is 8.50. The quantitative estimate of drug-likeness (QED) is 0.680. The van der Waals surface area contributed by atoms with Crippen molar-refractivity contribution >= 4 is 17.6 Å². The van der Waals surface area contributed by atoms with Crippen LogP contribution in [0.5, 0.6) is 5.75 Å². The number of halogens is 1. The van der Waals surface area contributed by atoms with Gasteiger partial charge < -0.3 is 9.47 Å². The molecule has 0 saturated heterocycles. The lowest BCUT2D eigenvalue weighted by Gasteiger charge is -2.14. The van der Waals surface area contributed by atoms with Crippen molar-refractivity contribution in [3.8, 4) is 16.9 Å². The Labute approximate surface area is 160 Å². The van der Waals surface area contributed by atoms with Gasteiger partial charge in [0.2, 0.25) is 0 Å². The third-order valence-electron chi connectivity index (χ3n) is 4.18. The first kappa shape index (κ1) is 18.7. The van der Waals surface area contributed by atoms with E-state index in [1.807, 2.05) is 19.1 Å². The molecule has 0 atom stereocenters. The van der Waals surface area contributed by atoms with Gasteiger partial charge in [-0.1, -0.05) is 23.7 Å². The molecule has 0 aliphatic heterocycles. The van der Waals surface area contributed by atoms with Crippen molar-refractivity contribution in [1.82, 2.24) is 14.8 Å². The Kier molecular flexibility index (Phi) is 5.32. The van der Waals surface area contributed by atoms with Crippen molar-refractivity contribution in [3.63, 3.8) is 0 Å². The van der Waals surface area contributed by atoms with Gasteiger partial charge in [-0.3, -0.25) is 4.57 Å². The molecule has 8 heteroatoms. The molecule has 0 fully saturated rings. The van der Waals surface area contributed by atoms with E-state index in [4.69, 9.17) is 21.1 Å². The zero-order valence-electron chi connectivity index (χ0n) is 15.1. The summed E-state index contributed by atoms with van der Waals surface area (Å²) in [6.07, 6.45) is 0. The highest BCUT2D eigenvalue weighted by Crippen LogP contribution is 2.35. The summed E-state index contributed by atoms with van der Waals surface area (Å²) in [6, 6.07) is 10.6. The third kappa shape index (κ3) is 3.88. The number of aryl methyl sites for hydroxylation is 1. The smallest absolute Gasteiger partial charge is 0.343 e. The Morgan fingerprint density at radius 3 is 2.74 bits per heavy atom. The first-order chi connectivity index (χ1) is 12.9. The zero-order valence-corrected chi connectivity index (χ0v) is 15.8. The lowest BCUT2D eigenvalue weighted by atomic mass is 10.0. The standard InChI is InChI=1S/C19H18ClN3O4/c1-11-7-16(27-10-17-21-22-19(25)23(17)2)14(9-15(11)20)12-5-4-6-13(8-12)18(24)26-3/h4-9H,10H2,1-3H3,(H,22,25). The molecule has 1 N–H and O–H groups in total. The molecule has 0 unspecified atom stereocenters. The molecule has 1 aromatic heterocycles. The summed E-state index contributed by atoms with van der Waals surface area (Å²) < 4.78 is 12.1. The molecule has 1 heterocycles. The van der Waals surface area contributed by atoms with Gasteiger partial charge in [-0.2, -0.15) is 5.10 Å². The molecule has 140 valence electrons. The molecule has 0 bridgehead atoms. The van der Waals surface area contributed by atoms with Crippen LogP contribution in [0.1, 0.15) is 21.7 Å². The monoisotopic (exact) mass is 387 g/mol. The van der Waals surface area contributed by atoms with Crippen molar-refractivity contribution in [2.24, 2.45) is 7.05 Å². The number of carbonyl (C=O) groups is 1. The predicted molar refractivity (Wildman–Crippen MR) is 101 cm³/mol. The van der Waals surface area contributed by atoms with Crippen LogP contribution in [0.25, 0.3) is 11.1 Å². The second-order valence-electron chi connectivity index (χ2n) is 5.96. The molecule has 3 aromatic rings. The van der Waals surface area contributed by atoms with Crippen LogP contribution >= 0.6 is 11.6 Å². The van der Waals surface area contributed by atoms with Crippen LogP contribution in [-0.2, 0) is 18.4 Å². The Morgan fingerprint density at radius 1 is 1.30 bits per heavy atom. The highest BCUT2D eigenvalue weighted by molar-refractivity contribution is 6.31. The molecule has 2 aromatic carbocycles. The summed E-state index contributed by atoms with van der Waals surface area (Å²) in [5.41, 5.74) is 2.43. The minimum absolute atomic E-state index is 0.0972. The largest absolute Gasteiger partial charge is 0.485 e. The highest BCUT2D eigenvalue weighted by Gasteiger charge is 2.14. The highest BCUT2D eigenvalue weighted by atomic mass is 35.5. The number of hydrogen-bond donors (Lipinski definition) is 1. The lowest BCUT2D eigenvalue weighted by molar-refractivity contribution is 0.0601. The maximum absolute atomic E-state index is 11.8. The molecule has 0 aliphatic carbocycles. The number of ether oxygens (including phenoxy) is 2. The minimum Gasteiger partial charge on any atom is -0.485 e. The van der Waals surface area contributed by atoms with Gasteiger partial charge in [0, 0.05) is 17.6 Å². The Hall–Kier alpha value is -3.06. The molecule has 0 amide bonds. The number of aromatic nitrogens is 3. The molecule has 3 rings (SSSR count). The molecular formula is C19H18ClN3O4. The minimum atomic E-state index is -0.427. The van der Waals surface area contributed by atoms with Crippen LogP contribution in [-0.4, -0.2) is 27.8 Å². The fourth-order valence-corrected chi connectivity index (χ4v) is 2.75. The number of nitrogens with one attached hydrogen (secondary N) is 1. The summed E-state index contributed by atoms with van der Waals surface area (Å²) in [5, 5.41) is 6.88. The second-order valence-corrected chi connectivity index (χ2v) is 6.37. The van der Waals surface area contributed by atoms with Crippen LogP contribution in [0.2, 0.25) is 5.02 Å². The SMILES string of the molecule is COC(=O)c1cccc(-c2cc(Cl)c(C)cc2OCc2n[nH]c(=O)n2C)c1. The number of benzene rings is 2. The summed E-state index contributed by atoms with van der Waals surface area (Å²) in [6.45, 7) is 1.97. The molecule has 0 aliphatic rings. The predicted octanol–water partition coefficient (Wildman–Crippen LogP) is 3.10. The van der Waals surface area contributed by atoms with Crippen LogP contribution in [0.3, 0.4) is 0 Å². The average Bonchev–Trinajstić information content (AvgIpc) is 3.00. The van der Waals surface area contributed by atoms with Gasteiger partial charge in [0.05, 0.1) is 12.7 Å². The Bertz CT molecular complexity index is 1060. The van der Waals surface area contributed by atoms with Crippen LogP contribution in [0.4, 0.5) is 0 Å². The number of hydrogen-bond acceptors (Lipinski definition) is 5. The summed E-state index contributed by atoms with van der Waals surface area (Å²) in [7, 11) is 2.94. The zero-order chi connectivity index (χ0) is 19.6. The fourth-order valence-electron chi connectivity index (χ4n) is 2.58. The van der Waals surface area contributed by atoms with E-state index in [1.54, 1.807) is 31.3 Å². The Balaban J connectivity index is 2.00. The summed E-state index contributed by atoms with van der Waals surface area (Å²) in [5.74, 6) is 0.597. The Morgan fingerprint density at radius 2 is 2.07 bits per heavy atom. The second kappa shape index (κ2) is 7.67. The average molecular weight is 388 g/mol. The maximum atomic E-state index is 11.8. The molecule has 7 nitrogen and oxygen atoms in total. The van der Waals surface area contributed by atoms with Gasteiger partial charge in [0.25, 0.3) is 0 Å². The topological polar surface area (TPSA) is 86.2 Å². The summed E-state index contributed by atoms with van der Waals surface area (Å²) in [4.78, 5) is 23.3. The number of rotatable bonds is 5. The van der Waals surface area contributed by atoms with E-state index in [-0.39, 0.29) is 12.3 Å². The van der Waals surface area contributed by atoms with E-state index in [2.05, 4.69) is 10.2 Å². The van der Waals surface area contributed by atoms with Gasteiger partial charge in [-0.15, -0.1) is 0 Å². The van der Waals surface area contributed by atoms with Crippen molar-refractivity contribution < 1.29 is 14.3 Å². The van der Waals surface area contributed by atoms with Crippen molar-refractivity contribution in [1.29, 1.82) is 0 Å². The maximum Gasteiger partial charge on any atom is 0.343 e. The van der Waals surface area contributed by atoms with Crippen molar-refractivity contribution in [2.45, 2.75) is 13.5 Å². The van der Waals surface area contributed by atoms with Crippen LogP contribution in [0.15, 0.2) is 41.2 Å². The third-order valence-corrected chi connectivity index (χ3v) is 4.59. The number of carbonyl (C=O) groups excluding carboxylic acids is 1. The first-order valence-electron chi connectivity index (χ1n) is 8.12. The van der Waals surface area contributed by atoms with E-state index in [0.717, 1.165) is 16.7 Å². The number of aromatic amines is 1. The number of esters is 1. The molecule has 0 spiro atoms. The van der Waals surface area contributed by atoms with Gasteiger partial charge in [0.1, 0.15) is 12.4 Å². The van der Waals surface area contributed by atoms with Crippen LogP contribution in [0, 0.1) is 6.92 Å². The van der Waals surface area contributed by atoms with E-state index in [0.29, 0.717) is 22.2 Å². The summed E-state index contributed by atoms with van der Waals surface area (Å²) >= 11 is 6.30. The number of H-pyrrole nitrogens is 1. The van der Waals surface area contributed by atoms with Crippen molar-refractivity contribution in [2.75, 3.05) is 7.11 Å². The van der Waals surface area contributed by atoms with E-state index in [1.165, 1.54) is 11.7 Å². The fraction of sp³-hybridized carbons (Fsp3) is 0.211. The van der Waals surface area contributed by atoms with E-state index < -0.39 is 5.97 Å². The van der Waals surface area contributed by atoms with Gasteiger partial charge in [-0.25, -0.2) is 14.7 Å². The number of nitrogens with zero attached hydrogens (tertiary/aromatic N) is 2. The molecule has 0 saturated carbocycles. The number of methoxy groups -OCH3 is 1. The van der Waals surface area contributed by atoms with Crippen molar-refractivity contribution in [3.05, 3.63) is 68.9 Å². The molecular weight excluding hydrogens is 370 g/mol.